The Balaban J connectivity index is 1.64. The van der Waals surface area contributed by atoms with Gasteiger partial charge in [0.1, 0.15) is 5.54 Å². The second kappa shape index (κ2) is 5.94. The van der Waals surface area contributed by atoms with Gasteiger partial charge in [0.15, 0.2) is 5.69 Å². The number of rotatable bonds is 2. The van der Waals surface area contributed by atoms with Crippen molar-refractivity contribution in [3.8, 4) is 0 Å². The van der Waals surface area contributed by atoms with E-state index in [2.05, 4.69) is 10.6 Å². The molecule has 2 aromatic rings. The smallest absolute Gasteiger partial charge is 0.250 e. The fraction of sp³-hybridized carbons (Fsp3) is 0.250. The number of hydrogen-bond acceptors (Lipinski definition) is 6. The molecule has 5 unspecified atom stereocenters. The number of carbonyl (C=O) groups excluding carboxylic acids is 3. The number of nitrogens with zero attached hydrogens (tertiary/aromatic N) is 1. The van der Waals surface area contributed by atoms with Gasteiger partial charge in [0.2, 0.25) is 17.7 Å². The van der Waals surface area contributed by atoms with E-state index in [-0.39, 0.29) is 17.3 Å². The largest absolute Gasteiger partial charge is 0.595 e. The van der Waals surface area contributed by atoms with Crippen molar-refractivity contribution >= 4 is 34.8 Å². The molecule has 0 saturated carbocycles. The molecule has 9 heteroatoms. The monoisotopic (exact) mass is 394 g/mol. The summed E-state index contributed by atoms with van der Waals surface area (Å²) in [6, 6.07) is 12.4. The van der Waals surface area contributed by atoms with Gasteiger partial charge in [-0.25, -0.2) is 10.1 Å². The predicted octanol–water partition coefficient (Wildman–Crippen LogP) is 0.0349. The number of carbonyl (C=O) groups is 3. The molecule has 5 rings (SSSR count). The van der Waals surface area contributed by atoms with Crippen molar-refractivity contribution in [1.82, 2.24) is 5.32 Å². The summed E-state index contributed by atoms with van der Waals surface area (Å²) in [5.74, 6) is -2.95. The number of para-hydroxylation sites is 1. The van der Waals surface area contributed by atoms with E-state index < -0.39 is 40.5 Å². The molecule has 3 aliphatic heterocycles. The predicted molar refractivity (Wildman–Crippen MR) is 101 cm³/mol. The highest BCUT2D eigenvalue weighted by molar-refractivity contribution is 6.25. The van der Waals surface area contributed by atoms with E-state index in [4.69, 9.17) is 0 Å². The number of fused-ring (bicyclic) bond motifs is 4. The summed E-state index contributed by atoms with van der Waals surface area (Å²) in [6.07, 6.45) is 0. The number of anilines is 2. The molecule has 148 valence electrons. The summed E-state index contributed by atoms with van der Waals surface area (Å²) in [7, 11) is 0. The molecule has 3 amide bonds. The van der Waals surface area contributed by atoms with Gasteiger partial charge in [0.25, 0.3) is 0 Å². The van der Waals surface area contributed by atoms with Crippen molar-refractivity contribution in [2.45, 2.75) is 18.5 Å². The highest BCUT2D eigenvalue weighted by Gasteiger charge is 2.69. The lowest BCUT2D eigenvalue weighted by Crippen LogP contribution is -2.99. The molecule has 0 aromatic heterocycles. The number of quaternary nitrogens is 1. The van der Waals surface area contributed by atoms with E-state index in [1.165, 1.54) is 24.3 Å². The van der Waals surface area contributed by atoms with Crippen LogP contribution in [0.25, 0.3) is 0 Å². The molecule has 4 N–H and O–H groups in total. The summed E-state index contributed by atoms with van der Waals surface area (Å²) in [4.78, 5) is 40.8. The minimum atomic E-state index is -1.33. The van der Waals surface area contributed by atoms with Crippen LogP contribution in [0.4, 0.5) is 17.1 Å². The molecule has 3 aliphatic rings. The second-order valence-electron chi connectivity index (χ2n) is 7.61. The number of hydrogen-bond donors (Lipinski definition) is 4. The Morgan fingerprint density at radius 3 is 2.62 bits per heavy atom. The summed E-state index contributed by atoms with van der Waals surface area (Å²) < 4.78 is 0. The van der Waals surface area contributed by atoms with Crippen LogP contribution in [0, 0.1) is 17.0 Å². The molecule has 2 saturated heterocycles. The third-order valence-electron chi connectivity index (χ3n) is 6.12. The van der Waals surface area contributed by atoms with Crippen LogP contribution in [-0.4, -0.2) is 29.0 Å². The molecule has 2 fully saturated rings. The van der Waals surface area contributed by atoms with E-state index in [1.54, 1.807) is 31.2 Å². The van der Waals surface area contributed by atoms with Gasteiger partial charge < -0.3 is 10.5 Å². The maximum atomic E-state index is 13.5. The Kier molecular flexibility index (Phi) is 3.68. The van der Waals surface area contributed by atoms with E-state index in [0.29, 0.717) is 11.3 Å². The van der Waals surface area contributed by atoms with Crippen LogP contribution in [0.3, 0.4) is 0 Å². The first-order valence-electron chi connectivity index (χ1n) is 9.26. The Morgan fingerprint density at radius 2 is 1.86 bits per heavy atom. The molecule has 29 heavy (non-hydrogen) atoms. The van der Waals surface area contributed by atoms with E-state index in [0.717, 1.165) is 4.90 Å². The Hall–Kier alpha value is -3.11. The zero-order valence-corrected chi connectivity index (χ0v) is 15.4. The lowest BCUT2D eigenvalue weighted by molar-refractivity contribution is -0.991. The first-order chi connectivity index (χ1) is 13.9. The number of amides is 3. The van der Waals surface area contributed by atoms with Crippen molar-refractivity contribution in [2.75, 3.05) is 10.2 Å². The van der Waals surface area contributed by atoms with E-state index in [9.17, 15) is 24.8 Å². The van der Waals surface area contributed by atoms with Crippen LogP contribution in [0.15, 0.2) is 48.5 Å². The summed E-state index contributed by atoms with van der Waals surface area (Å²) in [6.45, 7) is 1.78. The Morgan fingerprint density at radius 1 is 1.10 bits per heavy atom. The minimum Gasteiger partial charge on any atom is -0.595 e. The van der Waals surface area contributed by atoms with Gasteiger partial charge in [0.05, 0.1) is 17.5 Å². The topological polar surface area (TPSA) is 126 Å². The average Bonchev–Trinajstić information content (AvgIpc) is 3.26. The number of benzene rings is 2. The minimum absolute atomic E-state index is 0.0231. The van der Waals surface area contributed by atoms with Crippen molar-refractivity contribution in [3.05, 3.63) is 59.3 Å². The molecule has 9 nitrogen and oxygen atoms in total. The molecule has 5 atom stereocenters. The highest BCUT2D eigenvalue weighted by Crippen LogP contribution is 2.53. The van der Waals surface area contributed by atoms with Gasteiger partial charge >= 0.3 is 0 Å². The quantitative estimate of drug-likeness (QED) is 0.421. The highest BCUT2D eigenvalue weighted by atomic mass is 16.8. The summed E-state index contributed by atoms with van der Waals surface area (Å²) >= 11 is 0. The summed E-state index contributed by atoms with van der Waals surface area (Å²) in [5, 5.41) is 25.4. The Bertz CT molecular complexity index is 1070. The van der Waals surface area contributed by atoms with Crippen LogP contribution in [-0.2, 0) is 19.9 Å². The van der Waals surface area contributed by atoms with Crippen LogP contribution in [0.2, 0.25) is 0 Å². The van der Waals surface area contributed by atoms with Gasteiger partial charge in [-0.1, -0.05) is 24.3 Å². The molecular weight excluding hydrogens is 376 g/mol. The maximum absolute atomic E-state index is 13.5. The van der Waals surface area contributed by atoms with E-state index in [1.807, 2.05) is 0 Å². The van der Waals surface area contributed by atoms with Crippen LogP contribution < -0.4 is 20.8 Å². The molecular formula is C20H18N4O5. The molecule has 1 spiro atoms. The standard InChI is InChI=1S/C20H18N4O5/c1-10-15-16(20(22-10)13-7-2-3-8-14(13)21-19(20)27)18(26)23(17(15)25)11-5-4-6-12(9-11)24(28)29/h2-10,15-16,22,24,28H,1H3,(H,21,27). The first-order valence-corrected chi connectivity index (χ1v) is 9.26. The van der Waals surface area contributed by atoms with Crippen molar-refractivity contribution in [2.24, 2.45) is 11.8 Å². The van der Waals surface area contributed by atoms with Crippen molar-refractivity contribution in [3.63, 3.8) is 0 Å². The molecule has 0 bridgehead atoms. The number of nitrogens with one attached hydrogen (secondary N) is 3. The lowest BCUT2D eigenvalue weighted by Gasteiger charge is -2.29. The normalized spacial score (nSPS) is 31.2. The number of imide groups is 1. The molecule has 2 aromatic carbocycles. The second-order valence-corrected chi connectivity index (χ2v) is 7.61. The maximum Gasteiger partial charge on any atom is 0.250 e. The zero-order chi connectivity index (χ0) is 20.5. The van der Waals surface area contributed by atoms with Crippen LogP contribution in [0.5, 0.6) is 0 Å². The van der Waals surface area contributed by atoms with Gasteiger partial charge in [-0.3, -0.25) is 19.7 Å². The SMILES string of the molecule is CC1NC2(C(=O)Nc3ccccc32)C2C(=O)N(c3cccc([NH+]([O-])O)c3)C(=O)C12. The van der Waals surface area contributed by atoms with E-state index >= 15 is 0 Å². The van der Waals surface area contributed by atoms with Gasteiger partial charge in [-0.15, -0.1) is 0 Å². The van der Waals surface area contributed by atoms with Gasteiger partial charge in [-0.05, 0) is 19.1 Å². The fourth-order valence-electron chi connectivity index (χ4n) is 4.95. The molecule has 0 radical (unpaired) electrons. The van der Waals surface area contributed by atoms with Gasteiger partial charge in [-0.2, -0.15) is 5.23 Å². The first kappa shape index (κ1) is 18.0. The van der Waals surface area contributed by atoms with Crippen LogP contribution >= 0.6 is 0 Å². The average molecular weight is 394 g/mol. The summed E-state index contributed by atoms with van der Waals surface area (Å²) in [5.41, 5.74) is 0.108. The van der Waals surface area contributed by atoms with Crippen molar-refractivity contribution < 1.29 is 24.8 Å². The lowest BCUT2D eigenvalue weighted by atomic mass is 9.76. The van der Waals surface area contributed by atoms with Crippen molar-refractivity contribution in [1.29, 1.82) is 0 Å². The zero-order valence-electron chi connectivity index (χ0n) is 15.4. The Labute approximate surface area is 165 Å². The third kappa shape index (κ3) is 2.21. The van der Waals surface area contributed by atoms with Gasteiger partial charge in [0, 0.05) is 29.4 Å². The molecule has 3 heterocycles. The molecule has 0 aliphatic carbocycles. The van der Waals surface area contributed by atoms with Crippen LogP contribution in [0.1, 0.15) is 12.5 Å². The fourth-order valence-corrected chi connectivity index (χ4v) is 4.95. The third-order valence-corrected chi connectivity index (χ3v) is 6.12.